The summed E-state index contributed by atoms with van der Waals surface area (Å²) in [6, 6.07) is 38.3. The predicted molar refractivity (Wildman–Crippen MR) is 175 cm³/mol. The maximum absolute atomic E-state index is 14.3. The summed E-state index contributed by atoms with van der Waals surface area (Å²) in [7, 11) is 0. The SMILES string of the molecule is CC(C)(C)C(=O)[C@@]1(O)[C@H](O)[C@H](OCc2ccccc2)[C@@H](OCc2ccccc2)[C@H](OCc2ccccc2)[C@H]1OCc1ccccc1. The van der Waals surface area contributed by atoms with E-state index in [2.05, 4.69) is 0 Å². The second-order valence-electron chi connectivity index (χ2n) is 12.9. The second kappa shape index (κ2) is 15.3. The molecule has 0 saturated heterocycles. The van der Waals surface area contributed by atoms with Crippen molar-refractivity contribution in [3.63, 3.8) is 0 Å². The first-order valence-electron chi connectivity index (χ1n) is 15.8. The Hall–Kier alpha value is -3.69. The van der Waals surface area contributed by atoms with Crippen molar-refractivity contribution in [2.45, 2.75) is 83.3 Å². The third-order valence-corrected chi connectivity index (χ3v) is 8.31. The summed E-state index contributed by atoms with van der Waals surface area (Å²) in [5, 5.41) is 24.7. The number of carbonyl (C=O) groups excluding carboxylic acids is 1. The number of benzene rings is 4. The van der Waals surface area contributed by atoms with Crippen molar-refractivity contribution in [2.75, 3.05) is 0 Å². The van der Waals surface area contributed by atoms with E-state index in [9.17, 15) is 15.0 Å². The van der Waals surface area contributed by atoms with E-state index >= 15 is 0 Å². The Balaban J connectivity index is 1.58. The zero-order valence-electron chi connectivity index (χ0n) is 26.7. The zero-order chi connectivity index (χ0) is 32.6. The van der Waals surface area contributed by atoms with Crippen LogP contribution in [0.5, 0.6) is 0 Å². The first kappa shape index (κ1) is 33.7. The molecular weight excluding hydrogens is 580 g/mol. The lowest BCUT2D eigenvalue weighted by Crippen LogP contribution is -2.76. The molecule has 4 aromatic rings. The minimum Gasteiger partial charge on any atom is -0.387 e. The maximum Gasteiger partial charge on any atom is 0.180 e. The summed E-state index contributed by atoms with van der Waals surface area (Å²) in [6.45, 7) is 5.68. The monoisotopic (exact) mass is 624 g/mol. The average Bonchev–Trinajstić information content (AvgIpc) is 3.08. The first-order chi connectivity index (χ1) is 22.2. The van der Waals surface area contributed by atoms with Crippen molar-refractivity contribution in [2.24, 2.45) is 5.41 Å². The van der Waals surface area contributed by atoms with Gasteiger partial charge in [-0.1, -0.05) is 142 Å². The van der Waals surface area contributed by atoms with Gasteiger partial charge in [-0.3, -0.25) is 4.79 Å². The van der Waals surface area contributed by atoms with Gasteiger partial charge in [0, 0.05) is 5.41 Å². The van der Waals surface area contributed by atoms with Crippen LogP contribution < -0.4 is 0 Å². The van der Waals surface area contributed by atoms with Gasteiger partial charge in [-0.2, -0.15) is 0 Å². The van der Waals surface area contributed by atoms with Gasteiger partial charge in [-0.25, -0.2) is 0 Å². The van der Waals surface area contributed by atoms with E-state index in [0.717, 1.165) is 22.3 Å². The van der Waals surface area contributed by atoms with Crippen LogP contribution >= 0.6 is 0 Å². The molecule has 4 aromatic carbocycles. The fourth-order valence-electron chi connectivity index (χ4n) is 5.91. The molecular formula is C39H44O7. The largest absolute Gasteiger partial charge is 0.387 e. The summed E-state index contributed by atoms with van der Waals surface area (Å²) in [5.41, 5.74) is 0.0941. The molecule has 46 heavy (non-hydrogen) atoms. The van der Waals surface area contributed by atoms with Crippen LogP contribution in [-0.4, -0.2) is 52.1 Å². The first-order valence-corrected chi connectivity index (χ1v) is 15.8. The third-order valence-electron chi connectivity index (χ3n) is 8.31. The number of ether oxygens (including phenoxy) is 4. The predicted octanol–water partition coefficient (Wildman–Crippen LogP) is 6.05. The molecule has 0 radical (unpaired) electrons. The van der Waals surface area contributed by atoms with Crippen LogP contribution in [0.3, 0.4) is 0 Å². The van der Waals surface area contributed by atoms with Crippen molar-refractivity contribution in [3.05, 3.63) is 144 Å². The standard InChI is InChI=1S/C39H44O7/c1-38(2,3)37(41)39(42)35(40)33(44-25-29-18-10-5-11-19-29)32(43-24-28-16-8-4-9-17-28)34(45-26-30-20-12-6-13-21-30)36(39)46-27-31-22-14-7-15-23-31/h4-23,32-36,40,42H,24-27H2,1-3H3/t32-,33-,34+,35-,36-,39-/m1/s1. The summed E-state index contributed by atoms with van der Waals surface area (Å²) in [6.07, 6.45) is -6.06. The number of carbonyl (C=O) groups is 1. The Labute approximate surface area is 271 Å². The van der Waals surface area contributed by atoms with Gasteiger partial charge in [0.25, 0.3) is 0 Å². The molecule has 0 aliphatic heterocycles. The molecule has 0 amide bonds. The number of hydrogen-bond acceptors (Lipinski definition) is 7. The molecule has 6 atom stereocenters. The summed E-state index contributed by atoms with van der Waals surface area (Å²) in [4.78, 5) is 14.3. The maximum atomic E-state index is 14.3. The van der Waals surface area contributed by atoms with E-state index < -0.39 is 47.3 Å². The van der Waals surface area contributed by atoms with E-state index in [0.29, 0.717) is 0 Å². The lowest BCUT2D eigenvalue weighted by atomic mass is 9.66. The van der Waals surface area contributed by atoms with E-state index in [1.54, 1.807) is 20.8 Å². The number of Topliss-reactive ketones (excluding diaryl/α,β-unsaturated/α-hetero) is 1. The Morgan fingerprint density at radius 3 is 1.26 bits per heavy atom. The third kappa shape index (κ3) is 7.99. The summed E-state index contributed by atoms with van der Waals surface area (Å²) < 4.78 is 26.1. The summed E-state index contributed by atoms with van der Waals surface area (Å²) >= 11 is 0. The molecule has 1 fully saturated rings. The molecule has 0 unspecified atom stereocenters. The minimum atomic E-state index is -2.39. The highest BCUT2D eigenvalue weighted by Gasteiger charge is 2.66. The number of ketones is 1. The van der Waals surface area contributed by atoms with Crippen LogP contribution in [-0.2, 0) is 50.2 Å². The van der Waals surface area contributed by atoms with Crippen LogP contribution in [0, 0.1) is 5.41 Å². The highest BCUT2D eigenvalue weighted by molar-refractivity contribution is 5.93. The number of hydrogen-bond donors (Lipinski definition) is 2. The van der Waals surface area contributed by atoms with Crippen LogP contribution in [0.25, 0.3) is 0 Å². The molecule has 1 aliphatic rings. The topological polar surface area (TPSA) is 94.5 Å². The molecule has 7 nitrogen and oxygen atoms in total. The lowest BCUT2D eigenvalue weighted by Gasteiger charge is -2.53. The molecule has 5 rings (SSSR count). The van der Waals surface area contributed by atoms with Crippen LogP contribution in [0.15, 0.2) is 121 Å². The van der Waals surface area contributed by atoms with Crippen LogP contribution in [0.2, 0.25) is 0 Å². The quantitative estimate of drug-likeness (QED) is 0.187. The molecule has 0 spiro atoms. The van der Waals surface area contributed by atoms with Gasteiger partial charge < -0.3 is 29.2 Å². The van der Waals surface area contributed by atoms with Gasteiger partial charge >= 0.3 is 0 Å². The normalized spacial score (nSPS) is 24.8. The van der Waals surface area contributed by atoms with Crippen molar-refractivity contribution < 1.29 is 34.0 Å². The molecule has 1 aliphatic carbocycles. The number of aliphatic hydroxyl groups is 2. The second-order valence-corrected chi connectivity index (χ2v) is 12.9. The van der Waals surface area contributed by atoms with E-state index in [4.69, 9.17) is 18.9 Å². The smallest absolute Gasteiger partial charge is 0.180 e. The molecule has 7 heteroatoms. The van der Waals surface area contributed by atoms with Crippen molar-refractivity contribution in [1.29, 1.82) is 0 Å². The Morgan fingerprint density at radius 1 is 0.565 bits per heavy atom. The van der Waals surface area contributed by atoms with Crippen LogP contribution in [0.1, 0.15) is 43.0 Å². The molecule has 0 bridgehead atoms. The van der Waals surface area contributed by atoms with Gasteiger partial charge in [0.1, 0.15) is 30.5 Å². The Bertz CT molecular complexity index is 1490. The fourth-order valence-corrected chi connectivity index (χ4v) is 5.91. The highest BCUT2D eigenvalue weighted by Crippen LogP contribution is 2.42. The Morgan fingerprint density at radius 2 is 0.891 bits per heavy atom. The van der Waals surface area contributed by atoms with Gasteiger partial charge in [0.15, 0.2) is 11.4 Å². The van der Waals surface area contributed by atoms with Crippen molar-refractivity contribution >= 4 is 5.78 Å². The molecule has 0 heterocycles. The molecule has 2 N–H and O–H groups in total. The zero-order valence-corrected chi connectivity index (χ0v) is 26.7. The highest BCUT2D eigenvalue weighted by atomic mass is 16.6. The lowest BCUT2D eigenvalue weighted by molar-refractivity contribution is -0.300. The molecule has 242 valence electrons. The van der Waals surface area contributed by atoms with E-state index in [1.807, 2.05) is 121 Å². The van der Waals surface area contributed by atoms with Crippen molar-refractivity contribution in [1.82, 2.24) is 0 Å². The number of rotatable bonds is 13. The van der Waals surface area contributed by atoms with Gasteiger partial charge in [0.2, 0.25) is 0 Å². The molecule has 1 saturated carbocycles. The van der Waals surface area contributed by atoms with Crippen LogP contribution in [0.4, 0.5) is 0 Å². The fraction of sp³-hybridized carbons (Fsp3) is 0.359. The van der Waals surface area contributed by atoms with Gasteiger partial charge in [-0.05, 0) is 22.3 Å². The minimum absolute atomic E-state index is 0.0735. The van der Waals surface area contributed by atoms with Crippen molar-refractivity contribution in [3.8, 4) is 0 Å². The van der Waals surface area contributed by atoms with Gasteiger partial charge in [0.05, 0.1) is 26.4 Å². The Kier molecular flexibility index (Phi) is 11.2. The van der Waals surface area contributed by atoms with Gasteiger partial charge in [-0.15, -0.1) is 0 Å². The van der Waals surface area contributed by atoms with E-state index in [1.165, 1.54) is 0 Å². The number of aliphatic hydroxyl groups excluding tert-OH is 1. The van der Waals surface area contributed by atoms with E-state index in [-0.39, 0.29) is 26.4 Å². The average molecular weight is 625 g/mol. The summed E-state index contributed by atoms with van der Waals surface area (Å²) in [5.74, 6) is -0.575. The molecule has 0 aromatic heterocycles.